The van der Waals surface area contributed by atoms with Crippen LogP contribution in [-0.2, 0) is 0 Å². The zero-order chi connectivity index (χ0) is 13.9. The van der Waals surface area contributed by atoms with E-state index in [2.05, 4.69) is 22.2 Å². The summed E-state index contributed by atoms with van der Waals surface area (Å²) in [5.41, 5.74) is 6.88. The number of rotatable bonds is 3. The Morgan fingerprint density at radius 3 is 2.70 bits per heavy atom. The van der Waals surface area contributed by atoms with Crippen LogP contribution in [0, 0.1) is 18.8 Å². The van der Waals surface area contributed by atoms with Crippen LogP contribution in [-0.4, -0.2) is 16.5 Å². The van der Waals surface area contributed by atoms with Crippen molar-refractivity contribution in [3.63, 3.8) is 0 Å². The van der Waals surface area contributed by atoms with E-state index in [0.29, 0.717) is 23.6 Å². The second kappa shape index (κ2) is 5.65. The van der Waals surface area contributed by atoms with E-state index in [9.17, 15) is 0 Å². The third-order valence-electron chi connectivity index (χ3n) is 4.15. The van der Waals surface area contributed by atoms with Crippen LogP contribution in [0.25, 0.3) is 10.9 Å². The molecule has 1 heterocycles. The average Bonchev–Trinajstić information content (AvgIpc) is 2.47. The molecule has 0 bridgehead atoms. The van der Waals surface area contributed by atoms with Crippen LogP contribution in [0.5, 0.6) is 0 Å². The molecular formula is C16H21N4. The van der Waals surface area contributed by atoms with E-state index in [1.165, 1.54) is 25.7 Å². The van der Waals surface area contributed by atoms with Crippen molar-refractivity contribution in [1.29, 1.82) is 0 Å². The Balaban J connectivity index is 1.68. The fourth-order valence-corrected chi connectivity index (χ4v) is 2.85. The lowest BCUT2D eigenvalue weighted by atomic mass is 9.83. The van der Waals surface area contributed by atoms with E-state index < -0.39 is 0 Å². The van der Waals surface area contributed by atoms with Crippen LogP contribution in [0.15, 0.2) is 24.3 Å². The van der Waals surface area contributed by atoms with Crippen molar-refractivity contribution in [2.75, 3.05) is 17.6 Å². The Bertz CT molecular complexity index is 588. The summed E-state index contributed by atoms with van der Waals surface area (Å²) < 4.78 is 0. The number of anilines is 2. The number of nitrogens with zero attached hydrogens (tertiary/aromatic N) is 2. The highest BCUT2D eigenvalue weighted by Gasteiger charge is 2.18. The minimum atomic E-state index is 0.541. The molecule has 1 fully saturated rings. The quantitative estimate of drug-likeness (QED) is 0.897. The van der Waals surface area contributed by atoms with Crippen LogP contribution in [0.4, 0.5) is 11.8 Å². The maximum Gasteiger partial charge on any atom is 0.225 e. The predicted molar refractivity (Wildman–Crippen MR) is 83.2 cm³/mol. The molecule has 0 aliphatic heterocycles. The van der Waals surface area contributed by atoms with Crippen LogP contribution in [0.1, 0.15) is 25.7 Å². The zero-order valence-corrected chi connectivity index (χ0v) is 11.7. The van der Waals surface area contributed by atoms with Gasteiger partial charge in [0.2, 0.25) is 5.95 Å². The Morgan fingerprint density at radius 1 is 1.15 bits per heavy atom. The van der Waals surface area contributed by atoms with Gasteiger partial charge in [0.15, 0.2) is 0 Å². The number of nitrogen functional groups attached to an aromatic ring is 1. The van der Waals surface area contributed by atoms with Crippen molar-refractivity contribution in [1.82, 2.24) is 9.97 Å². The number of benzene rings is 1. The lowest BCUT2D eigenvalue weighted by Gasteiger charge is -2.26. The molecule has 1 radical (unpaired) electrons. The van der Waals surface area contributed by atoms with E-state index >= 15 is 0 Å². The van der Waals surface area contributed by atoms with Gasteiger partial charge in [-0.3, -0.25) is 0 Å². The molecule has 4 heteroatoms. The van der Waals surface area contributed by atoms with Crippen LogP contribution in [0.3, 0.4) is 0 Å². The van der Waals surface area contributed by atoms with Crippen molar-refractivity contribution in [3.8, 4) is 0 Å². The summed E-state index contributed by atoms with van der Waals surface area (Å²) >= 11 is 0. The third-order valence-corrected chi connectivity index (χ3v) is 4.15. The normalized spacial score (nSPS) is 22.9. The maximum atomic E-state index is 5.98. The molecule has 1 aliphatic rings. The zero-order valence-electron chi connectivity index (χ0n) is 11.7. The molecule has 0 saturated heterocycles. The highest BCUT2D eigenvalue weighted by Crippen LogP contribution is 2.28. The highest BCUT2D eigenvalue weighted by molar-refractivity contribution is 5.88. The first-order valence-corrected chi connectivity index (χ1v) is 7.31. The standard InChI is InChI=1S/C16H21N4/c1-11-6-8-12(9-7-11)10-18-16-19-14-5-3-2-4-13(14)15(17)20-16/h2-5,11-12H,1,6-10H2,(H3,17,18,19,20)/t11-,12-. The fraction of sp³-hybridized carbons (Fsp3) is 0.438. The van der Waals surface area contributed by atoms with Crippen molar-refractivity contribution in [2.45, 2.75) is 25.7 Å². The first-order chi connectivity index (χ1) is 9.72. The monoisotopic (exact) mass is 269 g/mol. The molecule has 105 valence electrons. The molecule has 4 nitrogen and oxygen atoms in total. The number of hydrogen-bond acceptors (Lipinski definition) is 4. The summed E-state index contributed by atoms with van der Waals surface area (Å²) in [7, 11) is 0. The lowest BCUT2D eigenvalue weighted by molar-refractivity contribution is 0.320. The molecule has 1 aliphatic carbocycles. The van der Waals surface area contributed by atoms with Gasteiger partial charge in [-0.15, -0.1) is 0 Å². The number of fused-ring (bicyclic) bond motifs is 1. The molecule has 0 spiro atoms. The molecule has 1 aromatic heterocycles. The van der Waals surface area contributed by atoms with Crippen molar-refractivity contribution >= 4 is 22.7 Å². The summed E-state index contributed by atoms with van der Waals surface area (Å²) in [5, 5.41) is 4.25. The molecular weight excluding hydrogens is 248 g/mol. The summed E-state index contributed by atoms with van der Waals surface area (Å²) in [4.78, 5) is 8.86. The molecule has 0 amide bonds. The van der Waals surface area contributed by atoms with Gasteiger partial charge in [-0.25, -0.2) is 4.98 Å². The molecule has 2 aromatic rings. The number of nitrogens with one attached hydrogen (secondary N) is 1. The minimum Gasteiger partial charge on any atom is -0.383 e. The number of nitrogens with two attached hydrogens (primary N) is 1. The first-order valence-electron chi connectivity index (χ1n) is 7.31. The van der Waals surface area contributed by atoms with Gasteiger partial charge < -0.3 is 11.1 Å². The molecule has 1 saturated carbocycles. The fourth-order valence-electron chi connectivity index (χ4n) is 2.85. The maximum absolute atomic E-state index is 5.98. The number of aromatic nitrogens is 2. The van der Waals surface area contributed by atoms with Crippen LogP contribution < -0.4 is 11.1 Å². The third kappa shape index (κ3) is 2.84. The minimum absolute atomic E-state index is 0.541. The number of hydrogen-bond donors (Lipinski definition) is 2. The predicted octanol–water partition coefficient (Wildman–Crippen LogP) is 3.26. The smallest absolute Gasteiger partial charge is 0.225 e. The van der Waals surface area contributed by atoms with Gasteiger partial charge in [0.25, 0.3) is 0 Å². The highest BCUT2D eigenvalue weighted by atomic mass is 15.1. The average molecular weight is 269 g/mol. The summed E-state index contributed by atoms with van der Waals surface area (Å²) in [6, 6.07) is 7.83. The molecule has 1 aromatic carbocycles. The Morgan fingerprint density at radius 2 is 1.90 bits per heavy atom. The van der Waals surface area contributed by atoms with Gasteiger partial charge in [-0.05, 0) is 36.8 Å². The topological polar surface area (TPSA) is 63.8 Å². The summed E-state index contributed by atoms with van der Waals surface area (Å²) in [6.07, 6.45) is 4.94. The first kappa shape index (κ1) is 13.2. The van der Waals surface area contributed by atoms with Gasteiger partial charge >= 0.3 is 0 Å². The van der Waals surface area contributed by atoms with Crippen LogP contribution in [0.2, 0.25) is 0 Å². The largest absolute Gasteiger partial charge is 0.383 e. The second-order valence-electron chi connectivity index (χ2n) is 5.72. The summed E-state index contributed by atoms with van der Waals surface area (Å²) in [6.45, 7) is 5.06. The van der Waals surface area contributed by atoms with Gasteiger partial charge in [0.05, 0.1) is 5.52 Å². The van der Waals surface area contributed by atoms with Gasteiger partial charge in [0.1, 0.15) is 5.82 Å². The molecule has 3 N–H and O–H groups in total. The summed E-state index contributed by atoms with van der Waals surface area (Å²) in [5.74, 6) is 2.51. The van der Waals surface area contributed by atoms with E-state index in [1.807, 2.05) is 24.3 Å². The van der Waals surface area contributed by atoms with Crippen molar-refractivity contribution in [3.05, 3.63) is 31.2 Å². The number of para-hydroxylation sites is 1. The Labute approximate surface area is 119 Å². The molecule has 0 atom stereocenters. The Kier molecular flexibility index (Phi) is 3.72. The van der Waals surface area contributed by atoms with E-state index in [4.69, 9.17) is 5.73 Å². The van der Waals surface area contributed by atoms with E-state index in [1.54, 1.807) is 0 Å². The molecule has 3 rings (SSSR count). The van der Waals surface area contributed by atoms with Crippen LogP contribution >= 0.6 is 0 Å². The SMILES string of the molecule is [CH2][C@H]1CC[C@H](CNc2nc(N)c3ccccc3n2)CC1. The second-order valence-corrected chi connectivity index (χ2v) is 5.72. The lowest BCUT2D eigenvalue weighted by Crippen LogP contribution is -2.21. The molecule has 0 unspecified atom stereocenters. The molecule has 20 heavy (non-hydrogen) atoms. The van der Waals surface area contributed by atoms with Crippen molar-refractivity contribution < 1.29 is 0 Å². The van der Waals surface area contributed by atoms with Crippen molar-refractivity contribution in [2.24, 2.45) is 11.8 Å². The van der Waals surface area contributed by atoms with Gasteiger partial charge in [0, 0.05) is 11.9 Å². The van der Waals surface area contributed by atoms with Gasteiger partial charge in [-0.2, -0.15) is 4.98 Å². The van der Waals surface area contributed by atoms with E-state index in [-0.39, 0.29) is 0 Å². The Hall–Kier alpha value is -1.84. The van der Waals surface area contributed by atoms with Gasteiger partial charge in [-0.1, -0.05) is 31.9 Å². The van der Waals surface area contributed by atoms with E-state index in [0.717, 1.165) is 17.4 Å².